The molecule has 1 aromatic carbocycles. The van der Waals surface area contributed by atoms with Crippen molar-refractivity contribution in [2.24, 2.45) is 17.8 Å². The summed E-state index contributed by atoms with van der Waals surface area (Å²) in [6, 6.07) is 4.40. The number of carbonyl (C=O) groups is 1. The Morgan fingerprint density at radius 2 is 2.19 bits per heavy atom. The number of fused-ring (bicyclic) bond motifs is 1. The van der Waals surface area contributed by atoms with Crippen LogP contribution in [0.5, 0.6) is 5.75 Å². The van der Waals surface area contributed by atoms with E-state index in [1.807, 2.05) is 0 Å². The Balaban J connectivity index is 1.51. The first-order valence-corrected chi connectivity index (χ1v) is 10.7. The van der Waals surface area contributed by atoms with Gasteiger partial charge in [0.05, 0.1) is 30.4 Å². The van der Waals surface area contributed by atoms with E-state index >= 15 is 0 Å². The summed E-state index contributed by atoms with van der Waals surface area (Å²) in [5.74, 6) is -1.68. The Kier molecular flexibility index (Phi) is 8.68. The van der Waals surface area contributed by atoms with E-state index in [2.05, 4.69) is 0 Å². The van der Waals surface area contributed by atoms with Gasteiger partial charge >= 0.3 is 5.97 Å². The second-order valence-electron chi connectivity index (χ2n) is 8.08. The molecule has 31 heavy (non-hydrogen) atoms. The number of hydrogen-bond donors (Lipinski definition) is 3. The van der Waals surface area contributed by atoms with Crippen molar-refractivity contribution in [3.63, 3.8) is 0 Å². The average Bonchev–Trinajstić information content (AvgIpc) is 2.89. The highest BCUT2D eigenvalue weighted by atomic mass is 35.5. The first-order chi connectivity index (χ1) is 14.8. The number of aliphatic hydroxyl groups excluding tert-OH is 2. The van der Waals surface area contributed by atoms with Gasteiger partial charge in [0.25, 0.3) is 0 Å². The average molecular weight is 459 g/mol. The molecule has 3 N–H and O–H groups in total. The van der Waals surface area contributed by atoms with Crippen LogP contribution in [0.25, 0.3) is 0 Å². The van der Waals surface area contributed by atoms with Crippen molar-refractivity contribution in [2.75, 3.05) is 26.4 Å². The first-order valence-electron chi connectivity index (χ1n) is 10.4. The van der Waals surface area contributed by atoms with E-state index < -0.39 is 24.0 Å². The van der Waals surface area contributed by atoms with Crippen molar-refractivity contribution in [1.82, 2.24) is 0 Å². The minimum Gasteiger partial charge on any atom is -0.487 e. The molecule has 1 saturated carbocycles. The topological polar surface area (TPSA) is 105 Å². The molecule has 0 unspecified atom stereocenters. The van der Waals surface area contributed by atoms with Crippen LogP contribution in [0.2, 0.25) is 5.02 Å². The Morgan fingerprint density at radius 3 is 2.97 bits per heavy atom. The van der Waals surface area contributed by atoms with Crippen molar-refractivity contribution in [3.8, 4) is 5.75 Å². The van der Waals surface area contributed by atoms with Crippen molar-refractivity contribution >= 4 is 17.6 Å². The highest BCUT2D eigenvalue weighted by molar-refractivity contribution is 6.30. The molecule has 6 atom stereocenters. The van der Waals surface area contributed by atoms with E-state index in [9.17, 15) is 19.4 Å². The summed E-state index contributed by atoms with van der Waals surface area (Å²) in [5, 5.41) is 29.3. The lowest BCUT2D eigenvalue weighted by Gasteiger charge is -2.21. The van der Waals surface area contributed by atoms with Gasteiger partial charge in [-0.1, -0.05) is 29.8 Å². The molecule has 1 aliphatic heterocycles. The van der Waals surface area contributed by atoms with Crippen LogP contribution in [0.4, 0.5) is 4.39 Å². The summed E-state index contributed by atoms with van der Waals surface area (Å²) < 4.78 is 30.3. The number of carboxylic acids is 1. The molecule has 1 heterocycles. The fourth-order valence-electron chi connectivity index (χ4n) is 4.24. The second kappa shape index (κ2) is 11.2. The van der Waals surface area contributed by atoms with Crippen molar-refractivity contribution in [3.05, 3.63) is 41.2 Å². The molecule has 1 aromatic rings. The molecule has 2 aliphatic rings. The molecule has 3 rings (SSSR count). The van der Waals surface area contributed by atoms with E-state index in [1.165, 1.54) is 12.1 Å². The Bertz CT molecular complexity index is 774. The summed E-state index contributed by atoms with van der Waals surface area (Å²) in [5.41, 5.74) is 0. The van der Waals surface area contributed by atoms with Gasteiger partial charge in [-0.25, -0.2) is 9.18 Å². The van der Waals surface area contributed by atoms with Gasteiger partial charge in [0.2, 0.25) is 0 Å². The van der Waals surface area contributed by atoms with Gasteiger partial charge in [-0.3, -0.25) is 0 Å². The number of carboxylic acid groups (broad SMARTS) is 1. The van der Waals surface area contributed by atoms with Gasteiger partial charge < -0.3 is 29.5 Å². The minimum absolute atomic E-state index is 0.0331. The van der Waals surface area contributed by atoms with Crippen molar-refractivity contribution in [2.45, 2.75) is 37.6 Å². The molecule has 0 amide bonds. The summed E-state index contributed by atoms with van der Waals surface area (Å²) in [4.78, 5) is 10.6. The maximum atomic E-state index is 13.9. The zero-order valence-corrected chi connectivity index (χ0v) is 17.8. The van der Waals surface area contributed by atoms with E-state index in [-0.39, 0.29) is 47.8 Å². The summed E-state index contributed by atoms with van der Waals surface area (Å²) >= 11 is 5.72. The number of ether oxygens (including phenoxy) is 3. The Morgan fingerprint density at radius 1 is 1.39 bits per heavy atom. The number of rotatable bonds is 9. The highest BCUT2D eigenvalue weighted by Crippen LogP contribution is 2.41. The smallest absolute Gasteiger partial charge is 0.329 e. The van der Waals surface area contributed by atoms with Crippen LogP contribution in [-0.4, -0.2) is 66.0 Å². The fraction of sp³-hybridized carbons (Fsp3) is 0.591. The highest BCUT2D eigenvalue weighted by Gasteiger charge is 2.43. The Hall–Kier alpha value is -1.71. The lowest BCUT2D eigenvalue weighted by molar-refractivity contribution is -0.143. The number of aliphatic carboxylic acids is 1. The SMILES string of the molecule is O=C(O)COC[C@H]1CC[C@@H]2[C@@H](/C=C/[C@@H](O)COc3cccc(Cl)c3F)[C@H](O)C[C@@H]2OC1. The normalized spacial score (nSPS) is 29.5. The third-order valence-electron chi connectivity index (χ3n) is 5.80. The molecule has 7 nitrogen and oxygen atoms in total. The summed E-state index contributed by atoms with van der Waals surface area (Å²) in [7, 11) is 0. The van der Waals surface area contributed by atoms with Crippen LogP contribution >= 0.6 is 11.6 Å². The molecule has 1 saturated heterocycles. The predicted octanol–water partition coefficient (Wildman–Crippen LogP) is 2.67. The van der Waals surface area contributed by atoms with Crippen LogP contribution in [-0.2, 0) is 14.3 Å². The molecular weight excluding hydrogens is 431 g/mol. The lowest BCUT2D eigenvalue weighted by Crippen LogP contribution is -2.22. The molecule has 0 radical (unpaired) electrons. The van der Waals surface area contributed by atoms with E-state index in [0.29, 0.717) is 19.6 Å². The first kappa shape index (κ1) is 23.9. The number of aliphatic hydroxyl groups is 2. The van der Waals surface area contributed by atoms with Crippen LogP contribution < -0.4 is 4.74 Å². The molecule has 9 heteroatoms. The molecule has 2 fully saturated rings. The Labute approximate surface area is 185 Å². The quantitative estimate of drug-likeness (QED) is 0.488. The van der Waals surface area contributed by atoms with Crippen LogP contribution in [0.3, 0.4) is 0 Å². The lowest BCUT2D eigenvalue weighted by atomic mass is 9.87. The molecule has 0 spiro atoms. The van der Waals surface area contributed by atoms with Gasteiger partial charge in [0, 0.05) is 18.3 Å². The number of benzene rings is 1. The van der Waals surface area contributed by atoms with Crippen LogP contribution in [0.1, 0.15) is 19.3 Å². The third kappa shape index (κ3) is 6.63. The van der Waals surface area contributed by atoms with Crippen molar-refractivity contribution < 1.29 is 38.7 Å². The molecule has 1 aliphatic carbocycles. The second-order valence-corrected chi connectivity index (χ2v) is 8.49. The van der Waals surface area contributed by atoms with Gasteiger partial charge in [0.15, 0.2) is 11.6 Å². The molecule has 0 bridgehead atoms. The zero-order chi connectivity index (χ0) is 22.4. The van der Waals surface area contributed by atoms with E-state index in [1.54, 1.807) is 18.2 Å². The largest absolute Gasteiger partial charge is 0.487 e. The molecular formula is C22H28ClFO7. The fourth-order valence-corrected chi connectivity index (χ4v) is 4.41. The van der Waals surface area contributed by atoms with Crippen molar-refractivity contribution in [1.29, 1.82) is 0 Å². The summed E-state index contributed by atoms with van der Waals surface area (Å²) in [6.45, 7) is 0.313. The van der Waals surface area contributed by atoms with E-state index in [4.69, 9.17) is 30.9 Å². The van der Waals surface area contributed by atoms with Gasteiger partial charge in [0.1, 0.15) is 19.3 Å². The van der Waals surface area contributed by atoms with Crippen LogP contribution in [0.15, 0.2) is 30.4 Å². The predicted molar refractivity (Wildman–Crippen MR) is 111 cm³/mol. The van der Waals surface area contributed by atoms with E-state index in [0.717, 1.165) is 12.8 Å². The molecule has 0 aromatic heterocycles. The van der Waals surface area contributed by atoms with Gasteiger partial charge in [-0.2, -0.15) is 0 Å². The number of halogens is 2. The maximum Gasteiger partial charge on any atom is 0.329 e. The van der Waals surface area contributed by atoms with Crippen LogP contribution in [0, 0.1) is 23.6 Å². The third-order valence-corrected chi connectivity index (χ3v) is 6.10. The van der Waals surface area contributed by atoms with Gasteiger partial charge in [-0.15, -0.1) is 0 Å². The standard InChI is InChI=1S/C22H28ClFO7/c23-17-2-1-3-19(22(17)24)31-11-14(25)5-7-15-16-6-4-13(9-29-12-21(27)28)10-30-20(16)8-18(15)26/h1-3,5,7,13-16,18,20,25-26H,4,6,8-12H2,(H,27,28)/b7-5+/t13-,14-,15-,16-,18-,20+/m1/s1. The number of hydrogen-bond acceptors (Lipinski definition) is 6. The molecule has 172 valence electrons. The minimum atomic E-state index is -1.000. The summed E-state index contributed by atoms with van der Waals surface area (Å²) in [6.07, 6.45) is 3.79. The maximum absolute atomic E-state index is 13.9. The monoisotopic (exact) mass is 458 g/mol. The zero-order valence-electron chi connectivity index (χ0n) is 17.0. The van der Waals surface area contributed by atoms with Gasteiger partial charge in [-0.05, 0) is 30.9 Å².